The third-order valence-corrected chi connectivity index (χ3v) is 2.95. The van der Waals surface area contributed by atoms with Crippen LogP contribution in [0.3, 0.4) is 0 Å². The molecule has 2 aromatic rings. The molecule has 0 unspecified atom stereocenters. The van der Waals surface area contributed by atoms with Gasteiger partial charge in [0.15, 0.2) is 0 Å². The Hall–Kier alpha value is -1.41. The molecule has 86 valence electrons. The van der Waals surface area contributed by atoms with E-state index in [2.05, 4.69) is 20.6 Å². The van der Waals surface area contributed by atoms with Crippen LogP contribution in [-0.2, 0) is 19.3 Å². The van der Waals surface area contributed by atoms with E-state index in [4.69, 9.17) is 5.73 Å². The minimum absolute atomic E-state index is 0.530. The van der Waals surface area contributed by atoms with Gasteiger partial charge < -0.3 is 5.73 Å². The number of nitrogens with two attached hydrogens (primary N) is 1. The van der Waals surface area contributed by atoms with Crippen molar-refractivity contribution in [2.24, 2.45) is 12.8 Å². The Kier molecular flexibility index (Phi) is 3.52. The predicted octanol–water partition coefficient (Wildman–Crippen LogP) is -0.342. The van der Waals surface area contributed by atoms with Crippen LogP contribution in [0.1, 0.15) is 5.69 Å². The van der Waals surface area contributed by atoms with Crippen molar-refractivity contribution in [3.8, 4) is 0 Å². The molecule has 0 saturated carbocycles. The van der Waals surface area contributed by atoms with E-state index >= 15 is 0 Å². The lowest BCUT2D eigenvalue weighted by molar-refractivity contribution is 0.557. The van der Waals surface area contributed by atoms with Crippen molar-refractivity contribution in [3.63, 3.8) is 0 Å². The van der Waals surface area contributed by atoms with Crippen LogP contribution in [-0.4, -0.2) is 36.5 Å². The molecule has 0 spiro atoms. The maximum absolute atomic E-state index is 5.46. The first-order valence-corrected chi connectivity index (χ1v) is 5.85. The van der Waals surface area contributed by atoms with Gasteiger partial charge in [0.1, 0.15) is 0 Å². The molecular weight excluding hydrogens is 226 g/mol. The smallest absolute Gasteiger partial charge is 0.209 e. The summed E-state index contributed by atoms with van der Waals surface area (Å²) in [4.78, 5) is 0. The third kappa shape index (κ3) is 2.58. The minimum atomic E-state index is 0.530. The van der Waals surface area contributed by atoms with Crippen molar-refractivity contribution >= 4 is 11.8 Å². The molecule has 2 aromatic heterocycles. The number of hydrogen-bond acceptors (Lipinski definition) is 6. The molecule has 0 aliphatic rings. The Bertz CT molecular complexity index is 449. The van der Waals surface area contributed by atoms with Gasteiger partial charge in [-0.25, -0.2) is 4.68 Å². The summed E-state index contributed by atoms with van der Waals surface area (Å²) in [5.74, 6) is 0.756. The van der Waals surface area contributed by atoms with Crippen LogP contribution in [0.2, 0.25) is 0 Å². The van der Waals surface area contributed by atoms with Crippen LogP contribution in [0, 0.1) is 0 Å². The van der Waals surface area contributed by atoms with E-state index in [1.54, 1.807) is 21.1 Å². The van der Waals surface area contributed by atoms with Gasteiger partial charge in [0, 0.05) is 25.5 Å². The highest BCUT2D eigenvalue weighted by molar-refractivity contribution is 7.98. The van der Waals surface area contributed by atoms with Crippen molar-refractivity contribution in [1.82, 2.24) is 30.0 Å². The number of aromatic nitrogens is 6. The van der Waals surface area contributed by atoms with Crippen LogP contribution in [0.25, 0.3) is 0 Å². The van der Waals surface area contributed by atoms with Crippen molar-refractivity contribution in [1.29, 1.82) is 0 Å². The second-order valence-electron chi connectivity index (χ2n) is 3.24. The molecule has 2 heterocycles. The number of thioether (sulfide) groups is 1. The molecule has 2 N–H and O–H groups in total. The summed E-state index contributed by atoms with van der Waals surface area (Å²) in [5, 5.41) is 16.5. The number of nitrogens with zero attached hydrogens (tertiary/aromatic N) is 6. The normalized spacial score (nSPS) is 10.9. The molecule has 0 radical (unpaired) electrons. The third-order valence-electron chi connectivity index (χ3n) is 1.96. The summed E-state index contributed by atoms with van der Waals surface area (Å²) in [6.45, 7) is 1.17. The van der Waals surface area contributed by atoms with Gasteiger partial charge in [0.25, 0.3) is 0 Å². The van der Waals surface area contributed by atoms with Crippen molar-refractivity contribution < 1.29 is 0 Å². The standard InChI is InChI=1S/C8H13N7S/c1-14-4-2-7(11-14)6-16-8-10-12-13-15(8)5-3-9/h2,4H,3,5-6,9H2,1H3. The van der Waals surface area contributed by atoms with Crippen molar-refractivity contribution in [2.75, 3.05) is 6.54 Å². The number of rotatable bonds is 5. The van der Waals surface area contributed by atoms with Gasteiger partial charge in [-0.3, -0.25) is 4.68 Å². The lowest BCUT2D eigenvalue weighted by Gasteiger charge is -2.00. The first-order chi connectivity index (χ1) is 7.79. The van der Waals surface area contributed by atoms with Gasteiger partial charge in [0.2, 0.25) is 5.16 Å². The fourth-order valence-electron chi connectivity index (χ4n) is 1.24. The summed E-state index contributed by atoms with van der Waals surface area (Å²) in [6.07, 6.45) is 1.92. The number of tetrazole rings is 1. The SMILES string of the molecule is Cn1ccc(CSc2nnnn2CCN)n1. The molecule has 0 aromatic carbocycles. The maximum Gasteiger partial charge on any atom is 0.209 e. The highest BCUT2D eigenvalue weighted by Crippen LogP contribution is 2.18. The lowest BCUT2D eigenvalue weighted by atomic mass is 10.5. The van der Waals surface area contributed by atoms with Gasteiger partial charge in [-0.2, -0.15) is 5.10 Å². The average molecular weight is 239 g/mol. The molecule has 0 atom stereocenters. The van der Waals surface area contributed by atoms with Gasteiger partial charge in [0.05, 0.1) is 12.2 Å². The molecular formula is C8H13N7S. The van der Waals surface area contributed by atoms with Gasteiger partial charge in [-0.05, 0) is 16.5 Å². The summed E-state index contributed by atoms with van der Waals surface area (Å²) < 4.78 is 3.48. The van der Waals surface area contributed by atoms with Gasteiger partial charge >= 0.3 is 0 Å². The Labute approximate surface area is 97.0 Å². The quantitative estimate of drug-likeness (QED) is 0.718. The minimum Gasteiger partial charge on any atom is -0.329 e. The zero-order valence-corrected chi connectivity index (χ0v) is 9.76. The second kappa shape index (κ2) is 5.08. The van der Waals surface area contributed by atoms with Crippen molar-refractivity contribution in [3.05, 3.63) is 18.0 Å². The molecule has 0 saturated heterocycles. The molecule has 0 aliphatic carbocycles. The number of aryl methyl sites for hydroxylation is 1. The second-order valence-corrected chi connectivity index (χ2v) is 4.19. The molecule has 0 fully saturated rings. The van der Waals surface area contributed by atoms with E-state index in [0.717, 1.165) is 16.6 Å². The molecule has 0 aliphatic heterocycles. The van der Waals surface area contributed by atoms with E-state index < -0.39 is 0 Å². The fraction of sp³-hybridized carbons (Fsp3) is 0.500. The van der Waals surface area contributed by atoms with Crippen LogP contribution in [0.15, 0.2) is 17.4 Å². The Balaban J connectivity index is 1.96. The van der Waals surface area contributed by atoms with E-state index in [-0.39, 0.29) is 0 Å². The highest BCUT2D eigenvalue weighted by atomic mass is 32.2. The zero-order chi connectivity index (χ0) is 11.4. The summed E-state index contributed by atoms with van der Waals surface area (Å²) in [7, 11) is 1.90. The van der Waals surface area contributed by atoms with Gasteiger partial charge in [-0.1, -0.05) is 11.8 Å². The zero-order valence-electron chi connectivity index (χ0n) is 8.94. The van der Waals surface area contributed by atoms with E-state index in [1.165, 1.54) is 0 Å². The Morgan fingerprint density at radius 3 is 3.06 bits per heavy atom. The monoisotopic (exact) mass is 239 g/mol. The Morgan fingerprint density at radius 1 is 1.50 bits per heavy atom. The first-order valence-electron chi connectivity index (χ1n) is 4.87. The molecule has 8 heteroatoms. The molecule has 0 amide bonds. The predicted molar refractivity (Wildman–Crippen MR) is 59.6 cm³/mol. The fourth-order valence-corrected chi connectivity index (χ4v) is 2.04. The molecule has 16 heavy (non-hydrogen) atoms. The van der Waals surface area contributed by atoms with E-state index in [0.29, 0.717) is 13.1 Å². The van der Waals surface area contributed by atoms with Crippen molar-refractivity contribution in [2.45, 2.75) is 17.5 Å². The molecule has 0 bridgehead atoms. The largest absolute Gasteiger partial charge is 0.329 e. The Morgan fingerprint density at radius 2 is 2.38 bits per heavy atom. The molecule has 7 nitrogen and oxygen atoms in total. The van der Waals surface area contributed by atoms with Crippen LogP contribution in [0.4, 0.5) is 0 Å². The van der Waals surface area contributed by atoms with Crippen LogP contribution in [0.5, 0.6) is 0 Å². The molecule has 2 rings (SSSR count). The summed E-state index contributed by atoms with van der Waals surface area (Å²) in [6, 6.07) is 1.98. The number of hydrogen-bond donors (Lipinski definition) is 1. The summed E-state index contributed by atoms with van der Waals surface area (Å²) >= 11 is 1.56. The van der Waals surface area contributed by atoms with E-state index in [9.17, 15) is 0 Å². The van der Waals surface area contributed by atoms with E-state index in [1.807, 2.05) is 19.3 Å². The maximum atomic E-state index is 5.46. The van der Waals surface area contributed by atoms with Gasteiger partial charge in [-0.15, -0.1) is 5.10 Å². The lowest BCUT2D eigenvalue weighted by Crippen LogP contribution is -2.12. The summed E-state index contributed by atoms with van der Waals surface area (Å²) in [5.41, 5.74) is 6.47. The van der Waals surface area contributed by atoms with Crippen LogP contribution >= 0.6 is 11.8 Å². The van der Waals surface area contributed by atoms with Crippen LogP contribution < -0.4 is 5.73 Å². The average Bonchev–Trinajstić information content (AvgIpc) is 2.85. The topological polar surface area (TPSA) is 87.4 Å². The highest BCUT2D eigenvalue weighted by Gasteiger charge is 2.07. The first kappa shape index (κ1) is 11.1.